The second kappa shape index (κ2) is 4.46. The van der Waals surface area contributed by atoms with Crippen molar-refractivity contribution in [1.29, 1.82) is 0 Å². The number of H-pyrrole nitrogens is 1. The normalized spacial score (nSPS) is 12.6. The molecule has 4 N–H and O–H groups in total. The zero-order valence-electron chi connectivity index (χ0n) is 8.38. The third-order valence-electron chi connectivity index (χ3n) is 2.12. The highest BCUT2D eigenvalue weighted by atomic mass is 32.1. The van der Waals surface area contributed by atoms with E-state index in [0.29, 0.717) is 5.69 Å². The summed E-state index contributed by atoms with van der Waals surface area (Å²) in [5.41, 5.74) is 7.25. The van der Waals surface area contributed by atoms with Crippen LogP contribution in [0.1, 0.15) is 18.2 Å². The van der Waals surface area contributed by atoms with Crippen LogP contribution < -0.4 is 5.73 Å². The molecule has 2 heterocycles. The van der Waals surface area contributed by atoms with E-state index in [1.54, 1.807) is 5.38 Å². The van der Waals surface area contributed by atoms with Gasteiger partial charge in [0.2, 0.25) is 0 Å². The number of nitrogens with zero attached hydrogens (tertiary/aromatic N) is 1. The first-order valence-corrected chi connectivity index (χ1v) is 5.61. The zero-order valence-corrected chi connectivity index (χ0v) is 9.20. The Morgan fingerprint density at radius 3 is 3.12 bits per heavy atom. The average Bonchev–Trinajstić information content (AvgIpc) is 2.87. The number of hydrogen-bond acceptors (Lipinski definition) is 4. The van der Waals surface area contributed by atoms with Crippen molar-refractivity contribution in [3.63, 3.8) is 0 Å². The Bertz CT molecular complexity index is 478. The lowest BCUT2D eigenvalue weighted by Crippen LogP contribution is -2.15. The molecule has 0 aliphatic carbocycles. The maximum atomic E-state index is 10.5. The number of aliphatic carboxylic acids is 1. The lowest BCUT2D eigenvalue weighted by Gasteiger charge is -2.03. The maximum absolute atomic E-state index is 10.5. The molecular formula is C10H11N3O2S. The molecule has 2 aromatic heterocycles. The van der Waals surface area contributed by atoms with E-state index in [4.69, 9.17) is 10.8 Å². The van der Waals surface area contributed by atoms with Crippen molar-refractivity contribution in [2.24, 2.45) is 5.73 Å². The van der Waals surface area contributed by atoms with Gasteiger partial charge in [-0.2, -0.15) is 0 Å². The van der Waals surface area contributed by atoms with Crippen LogP contribution in [0.25, 0.3) is 10.7 Å². The fourth-order valence-corrected chi connectivity index (χ4v) is 2.21. The van der Waals surface area contributed by atoms with Crippen molar-refractivity contribution in [3.05, 3.63) is 29.4 Å². The molecule has 0 spiro atoms. The van der Waals surface area contributed by atoms with Gasteiger partial charge in [0, 0.05) is 11.6 Å². The number of carboxylic acids is 1. The Morgan fingerprint density at radius 1 is 1.69 bits per heavy atom. The van der Waals surface area contributed by atoms with Crippen LogP contribution in [0.4, 0.5) is 0 Å². The number of aromatic amines is 1. The second-order valence-electron chi connectivity index (χ2n) is 3.37. The first kappa shape index (κ1) is 10.8. The van der Waals surface area contributed by atoms with Crippen LogP contribution in [0.15, 0.2) is 23.7 Å². The number of aromatic nitrogens is 2. The predicted molar refractivity (Wildman–Crippen MR) is 61.1 cm³/mol. The molecule has 6 heteroatoms. The van der Waals surface area contributed by atoms with Crippen LogP contribution in [-0.2, 0) is 4.79 Å². The highest BCUT2D eigenvalue weighted by molar-refractivity contribution is 7.13. The van der Waals surface area contributed by atoms with Gasteiger partial charge in [-0.05, 0) is 12.1 Å². The highest BCUT2D eigenvalue weighted by Crippen LogP contribution is 2.25. The lowest BCUT2D eigenvalue weighted by molar-refractivity contribution is -0.137. The Kier molecular flexibility index (Phi) is 3.02. The van der Waals surface area contributed by atoms with Gasteiger partial charge in [0.1, 0.15) is 5.01 Å². The molecule has 5 nitrogen and oxygen atoms in total. The van der Waals surface area contributed by atoms with Crippen LogP contribution in [0.3, 0.4) is 0 Å². The molecule has 0 radical (unpaired) electrons. The quantitative estimate of drug-likeness (QED) is 0.753. The van der Waals surface area contributed by atoms with Crippen LogP contribution in [-0.4, -0.2) is 21.0 Å². The smallest absolute Gasteiger partial charge is 0.305 e. The van der Waals surface area contributed by atoms with Gasteiger partial charge < -0.3 is 15.8 Å². The zero-order chi connectivity index (χ0) is 11.5. The highest BCUT2D eigenvalue weighted by Gasteiger charge is 2.14. The van der Waals surface area contributed by atoms with Gasteiger partial charge in [0.25, 0.3) is 0 Å². The third-order valence-corrected chi connectivity index (χ3v) is 3.02. The van der Waals surface area contributed by atoms with Gasteiger partial charge in [0.15, 0.2) is 0 Å². The van der Waals surface area contributed by atoms with E-state index >= 15 is 0 Å². The van der Waals surface area contributed by atoms with E-state index < -0.39 is 12.0 Å². The van der Waals surface area contributed by atoms with Crippen LogP contribution in [0, 0.1) is 0 Å². The van der Waals surface area contributed by atoms with Gasteiger partial charge in [-0.25, -0.2) is 4.98 Å². The van der Waals surface area contributed by atoms with Crippen molar-refractivity contribution in [2.75, 3.05) is 0 Å². The summed E-state index contributed by atoms with van der Waals surface area (Å²) < 4.78 is 0. The first-order chi connectivity index (χ1) is 7.66. The molecule has 0 aliphatic heterocycles. The van der Waals surface area contributed by atoms with Gasteiger partial charge in [0.05, 0.1) is 23.9 Å². The molecule has 2 aromatic rings. The molecular weight excluding hydrogens is 226 g/mol. The Morgan fingerprint density at radius 2 is 2.50 bits per heavy atom. The number of nitrogens with two attached hydrogens (primary N) is 1. The van der Waals surface area contributed by atoms with E-state index in [1.165, 1.54) is 11.3 Å². The van der Waals surface area contributed by atoms with Crippen LogP contribution >= 0.6 is 11.3 Å². The lowest BCUT2D eigenvalue weighted by atomic mass is 10.2. The minimum Gasteiger partial charge on any atom is -0.481 e. The van der Waals surface area contributed by atoms with Crippen molar-refractivity contribution < 1.29 is 9.90 Å². The van der Waals surface area contributed by atoms with Gasteiger partial charge >= 0.3 is 5.97 Å². The van der Waals surface area contributed by atoms with E-state index in [-0.39, 0.29) is 6.42 Å². The molecule has 0 saturated heterocycles. The minimum atomic E-state index is -0.915. The predicted octanol–water partition coefficient (Wildman–Crippen LogP) is 1.61. The van der Waals surface area contributed by atoms with E-state index in [9.17, 15) is 4.79 Å². The summed E-state index contributed by atoms with van der Waals surface area (Å²) in [6.45, 7) is 0. The summed E-state index contributed by atoms with van der Waals surface area (Å²) in [7, 11) is 0. The molecule has 16 heavy (non-hydrogen) atoms. The molecule has 2 rings (SSSR count). The number of carbonyl (C=O) groups is 1. The number of hydrogen-bond donors (Lipinski definition) is 3. The van der Waals surface area contributed by atoms with Gasteiger partial charge in [-0.1, -0.05) is 0 Å². The fourth-order valence-electron chi connectivity index (χ4n) is 1.34. The van der Waals surface area contributed by atoms with Crippen molar-refractivity contribution in [3.8, 4) is 10.7 Å². The summed E-state index contributed by atoms with van der Waals surface area (Å²) in [4.78, 5) is 17.8. The molecule has 0 bridgehead atoms. The number of thiazole rings is 1. The summed E-state index contributed by atoms with van der Waals surface area (Å²) in [6, 6.07) is 3.25. The van der Waals surface area contributed by atoms with E-state index in [2.05, 4.69) is 9.97 Å². The van der Waals surface area contributed by atoms with Crippen molar-refractivity contribution in [2.45, 2.75) is 12.5 Å². The largest absolute Gasteiger partial charge is 0.481 e. The Balaban J connectivity index is 2.16. The van der Waals surface area contributed by atoms with Crippen molar-refractivity contribution in [1.82, 2.24) is 9.97 Å². The molecule has 1 unspecified atom stereocenters. The molecule has 1 atom stereocenters. The monoisotopic (exact) mass is 237 g/mol. The topological polar surface area (TPSA) is 92.0 Å². The summed E-state index contributed by atoms with van der Waals surface area (Å²) in [6.07, 6.45) is 1.71. The van der Waals surface area contributed by atoms with Crippen LogP contribution in [0.2, 0.25) is 0 Å². The number of rotatable bonds is 4. The summed E-state index contributed by atoms with van der Waals surface area (Å²) in [5.74, 6) is -0.915. The van der Waals surface area contributed by atoms with Crippen molar-refractivity contribution >= 4 is 17.3 Å². The molecule has 0 saturated carbocycles. The van der Waals surface area contributed by atoms with E-state index in [0.717, 1.165) is 10.7 Å². The number of carboxylic acid groups (broad SMARTS) is 1. The standard InChI is InChI=1S/C10H11N3O2S/c11-6(4-9(14)15)8-5-16-10(13-8)7-2-1-3-12-7/h1-3,5-6,12H,4,11H2,(H,14,15). The summed E-state index contributed by atoms with van der Waals surface area (Å²) >= 11 is 1.45. The SMILES string of the molecule is NC(CC(=O)O)c1csc(-c2ccc[nH]2)n1. The maximum Gasteiger partial charge on any atom is 0.305 e. The second-order valence-corrected chi connectivity index (χ2v) is 4.22. The minimum absolute atomic E-state index is 0.103. The Hall–Kier alpha value is -1.66. The van der Waals surface area contributed by atoms with Crippen LogP contribution in [0.5, 0.6) is 0 Å². The molecule has 0 aromatic carbocycles. The third kappa shape index (κ3) is 2.29. The summed E-state index contributed by atoms with van der Waals surface area (Å²) in [5, 5.41) is 11.2. The molecule has 0 aliphatic rings. The first-order valence-electron chi connectivity index (χ1n) is 4.73. The molecule has 0 fully saturated rings. The van der Waals surface area contributed by atoms with Gasteiger partial charge in [-0.3, -0.25) is 4.79 Å². The molecule has 0 amide bonds. The average molecular weight is 237 g/mol. The van der Waals surface area contributed by atoms with E-state index in [1.807, 2.05) is 18.3 Å². The Labute approximate surface area is 95.9 Å². The number of nitrogens with one attached hydrogen (secondary N) is 1. The molecule has 84 valence electrons. The fraction of sp³-hybridized carbons (Fsp3) is 0.200. The van der Waals surface area contributed by atoms with Gasteiger partial charge in [-0.15, -0.1) is 11.3 Å².